The molecule has 38 heavy (non-hydrogen) atoms. The molecule has 202 valence electrons. The zero-order chi connectivity index (χ0) is 27.2. The third kappa shape index (κ3) is 5.13. The number of ether oxygens (including phenoxy) is 2. The van der Waals surface area contributed by atoms with Gasteiger partial charge in [-0.2, -0.15) is 0 Å². The molecular formula is C29H35ClN4O4. The first-order chi connectivity index (χ1) is 18.0. The van der Waals surface area contributed by atoms with Crippen LogP contribution in [0.25, 0.3) is 22.0 Å². The molecule has 9 heteroatoms. The number of pyridine rings is 1. The Labute approximate surface area is 228 Å². The van der Waals surface area contributed by atoms with Crippen LogP contribution in [0, 0.1) is 6.92 Å². The van der Waals surface area contributed by atoms with Gasteiger partial charge in [0.2, 0.25) is 0 Å². The minimum absolute atomic E-state index is 0.485. The summed E-state index contributed by atoms with van der Waals surface area (Å²) in [5.41, 5.74) is 4.44. The summed E-state index contributed by atoms with van der Waals surface area (Å²) < 4.78 is 11.9. The predicted molar refractivity (Wildman–Crippen MR) is 152 cm³/mol. The van der Waals surface area contributed by atoms with Gasteiger partial charge in [-0.25, -0.2) is 4.79 Å². The largest absolute Gasteiger partial charge is 0.490 e. The number of hydrogen-bond donors (Lipinski definition) is 2. The molecular weight excluding hydrogens is 504 g/mol. The van der Waals surface area contributed by atoms with Gasteiger partial charge in [-0.15, -0.1) is 0 Å². The Morgan fingerprint density at radius 2 is 1.92 bits per heavy atom. The lowest BCUT2D eigenvalue weighted by Crippen LogP contribution is -2.44. The van der Waals surface area contributed by atoms with Gasteiger partial charge >= 0.3 is 5.97 Å². The lowest BCUT2D eigenvalue weighted by atomic mass is 9.90. The van der Waals surface area contributed by atoms with Crippen molar-refractivity contribution in [2.75, 3.05) is 56.6 Å². The van der Waals surface area contributed by atoms with Gasteiger partial charge in [0.25, 0.3) is 0 Å². The smallest absolute Gasteiger partial charge is 0.337 e. The number of likely N-dealkylation sites (N-methyl/N-ethyl adjacent to an activating group) is 1. The number of nitrogens with one attached hydrogen (secondary N) is 1. The predicted octanol–water partition coefficient (Wildman–Crippen LogP) is 5.36. The fraction of sp³-hybridized carbons (Fsp3) is 0.448. The van der Waals surface area contributed by atoms with Crippen molar-refractivity contribution in [1.82, 2.24) is 9.88 Å². The fourth-order valence-corrected chi connectivity index (χ4v) is 5.54. The highest BCUT2D eigenvalue weighted by molar-refractivity contribution is 6.37. The number of carbonyl (C=O) groups is 1. The van der Waals surface area contributed by atoms with Gasteiger partial charge < -0.3 is 29.7 Å². The first-order valence-electron chi connectivity index (χ1n) is 13.0. The highest BCUT2D eigenvalue weighted by Gasteiger charge is 2.33. The molecule has 0 amide bonds. The Balaban J connectivity index is 1.75. The Hall–Kier alpha value is -3.07. The number of nitrogens with zero attached hydrogens (tertiary/aromatic N) is 3. The van der Waals surface area contributed by atoms with Crippen LogP contribution < -0.4 is 15.0 Å². The number of halogens is 1. The van der Waals surface area contributed by atoms with E-state index < -0.39 is 17.7 Å². The van der Waals surface area contributed by atoms with E-state index in [-0.39, 0.29) is 0 Å². The van der Waals surface area contributed by atoms with Gasteiger partial charge in [0.05, 0.1) is 21.8 Å². The number of carboxylic acid groups (broad SMARTS) is 1. The Kier molecular flexibility index (Phi) is 7.15. The molecule has 0 radical (unpaired) electrons. The number of piperazine rings is 1. The van der Waals surface area contributed by atoms with Gasteiger partial charge in [-0.1, -0.05) is 17.7 Å². The van der Waals surface area contributed by atoms with E-state index in [1.165, 1.54) is 0 Å². The van der Waals surface area contributed by atoms with Crippen LogP contribution in [0.1, 0.15) is 38.1 Å². The molecule has 2 aliphatic rings. The van der Waals surface area contributed by atoms with E-state index in [9.17, 15) is 9.90 Å². The summed E-state index contributed by atoms with van der Waals surface area (Å²) in [6.45, 7) is 12.5. The van der Waals surface area contributed by atoms with Crippen molar-refractivity contribution in [2.45, 2.75) is 39.4 Å². The molecule has 2 N–H and O–H groups in total. The first-order valence-corrected chi connectivity index (χ1v) is 13.4. The van der Waals surface area contributed by atoms with Crippen LogP contribution in [0.2, 0.25) is 5.02 Å². The fourth-order valence-electron chi connectivity index (χ4n) is 5.22. The lowest BCUT2D eigenvalue weighted by molar-refractivity contribution is -0.160. The maximum Gasteiger partial charge on any atom is 0.337 e. The maximum absolute atomic E-state index is 12.6. The number of aryl methyl sites for hydroxylation is 1. The molecule has 8 nitrogen and oxygen atoms in total. The van der Waals surface area contributed by atoms with Crippen LogP contribution in [0.4, 0.5) is 11.4 Å². The van der Waals surface area contributed by atoms with Crippen molar-refractivity contribution < 1.29 is 19.4 Å². The Morgan fingerprint density at radius 3 is 2.61 bits per heavy atom. The monoisotopic (exact) mass is 538 g/mol. The van der Waals surface area contributed by atoms with Crippen molar-refractivity contribution in [3.63, 3.8) is 0 Å². The lowest BCUT2D eigenvalue weighted by Gasteiger charge is -2.34. The topological polar surface area (TPSA) is 87.2 Å². The summed E-state index contributed by atoms with van der Waals surface area (Å²) in [5.74, 6) is -0.394. The second-order valence-electron chi connectivity index (χ2n) is 11.0. The Bertz CT molecular complexity index is 1380. The van der Waals surface area contributed by atoms with Crippen molar-refractivity contribution in [2.24, 2.45) is 0 Å². The minimum Gasteiger partial charge on any atom is -0.490 e. The molecule has 0 bridgehead atoms. The zero-order valence-corrected chi connectivity index (χ0v) is 23.4. The van der Waals surface area contributed by atoms with Gasteiger partial charge in [0.1, 0.15) is 12.4 Å². The molecule has 0 unspecified atom stereocenters. The number of benzene rings is 2. The summed E-state index contributed by atoms with van der Waals surface area (Å²) in [5, 5.41) is 15.0. The summed E-state index contributed by atoms with van der Waals surface area (Å²) in [7, 11) is 2.14. The molecule has 1 aromatic heterocycles. The molecule has 0 spiro atoms. The van der Waals surface area contributed by atoms with Crippen LogP contribution in [-0.2, 0) is 9.53 Å². The van der Waals surface area contributed by atoms with Crippen molar-refractivity contribution in [3.8, 4) is 16.9 Å². The van der Waals surface area contributed by atoms with E-state index >= 15 is 0 Å². The average Bonchev–Trinajstić information content (AvgIpc) is 2.87. The second kappa shape index (κ2) is 10.2. The minimum atomic E-state index is -1.23. The molecule has 2 aromatic carbocycles. The number of carboxylic acids is 1. The SMILES string of the molecule is Cc1nc2cc(N3CCN(C)CC3)ccc2c(-c2ccc3c(c2Cl)NCCO3)c1[C@H](OC(C)(C)C)C(=O)O. The number of anilines is 2. The van der Waals surface area contributed by atoms with Crippen molar-refractivity contribution in [1.29, 1.82) is 0 Å². The summed E-state index contributed by atoms with van der Waals surface area (Å²) in [4.78, 5) is 22.2. The van der Waals surface area contributed by atoms with E-state index in [1.54, 1.807) is 0 Å². The van der Waals surface area contributed by atoms with Crippen molar-refractivity contribution >= 4 is 39.8 Å². The van der Waals surface area contributed by atoms with Crippen LogP contribution in [-0.4, -0.2) is 72.9 Å². The summed E-state index contributed by atoms with van der Waals surface area (Å²) in [6, 6.07) is 9.99. The average molecular weight is 539 g/mol. The van der Waals surface area contributed by atoms with Gasteiger partial charge in [-0.3, -0.25) is 4.98 Å². The first kappa shape index (κ1) is 26.5. The maximum atomic E-state index is 12.6. The van der Waals surface area contributed by atoms with Crippen LogP contribution in [0.5, 0.6) is 5.75 Å². The Morgan fingerprint density at radius 1 is 1.18 bits per heavy atom. The molecule has 0 aliphatic carbocycles. The normalized spacial score (nSPS) is 17.1. The highest BCUT2D eigenvalue weighted by atomic mass is 35.5. The molecule has 3 heterocycles. The van der Waals surface area contributed by atoms with Crippen LogP contribution in [0.15, 0.2) is 30.3 Å². The van der Waals surface area contributed by atoms with Crippen LogP contribution >= 0.6 is 11.6 Å². The number of rotatable bonds is 5. The molecule has 2 aliphatic heterocycles. The van der Waals surface area contributed by atoms with E-state index in [2.05, 4.69) is 34.3 Å². The van der Waals surface area contributed by atoms with Gasteiger partial charge in [0.15, 0.2) is 6.10 Å². The van der Waals surface area contributed by atoms with Gasteiger partial charge in [0, 0.05) is 66.2 Å². The molecule has 1 saturated heterocycles. The van der Waals surface area contributed by atoms with Gasteiger partial charge in [-0.05, 0) is 59.0 Å². The second-order valence-corrected chi connectivity index (χ2v) is 11.4. The van der Waals surface area contributed by atoms with E-state index in [0.29, 0.717) is 52.0 Å². The molecule has 0 saturated carbocycles. The van der Waals surface area contributed by atoms with Crippen LogP contribution in [0.3, 0.4) is 0 Å². The van der Waals surface area contributed by atoms with Crippen molar-refractivity contribution in [3.05, 3.63) is 46.6 Å². The molecule has 3 aromatic rings. The third-order valence-electron chi connectivity index (χ3n) is 7.06. The zero-order valence-electron chi connectivity index (χ0n) is 22.6. The quantitative estimate of drug-likeness (QED) is 0.449. The van der Waals surface area contributed by atoms with E-state index in [1.807, 2.05) is 45.9 Å². The molecule has 1 fully saturated rings. The summed E-state index contributed by atoms with van der Waals surface area (Å²) in [6.07, 6.45) is -1.23. The van der Waals surface area contributed by atoms with E-state index in [0.717, 1.165) is 42.8 Å². The molecule has 5 rings (SSSR count). The third-order valence-corrected chi connectivity index (χ3v) is 7.45. The standard InChI is InChI=1S/C29H35ClN4O4/c1-17-23(27(28(35)36)38-29(2,3)4)24(20-8-9-22-26(25(20)30)31-10-15-37-22)19-7-6-18(16-21(19)32-17)34-13-11-33(5)12-14-34/h6-9,16,27,31H,10-15H2,1-5H3,(H,35,36)/t27-/m0/s1. The number of fused-ring (bicyclic) bond motifs is 2. The summed E-state index contributed by atoms with van der Waals surface area (Å²) >= 11 is 7.01. The number of aromatic nitrogens is 1. The van der Waals surface area contributed by atoms with E-state index in [4.69, 9.17) is 26.1 Å². The number of aliphatic carboxylic acids is 1. The number of hydrogen-bond acceptors (Lipinski definition) is 7. The molecule has 1 atom stereocenters. The highest BCUT2D eigenvalue weighted by Crippen LogP contribution is 2.47.